The van der Waals surface area contributed by atoms with Crippen LogP contribution in [0.3, 0.4) is 0 Å². The molecule has 20 heavy (non-hydrogen) atoms. The zero-order valence-corrected chi connectivity index (χ0v) is 12.2. The molecular weight excluding hydrogens is 313 g/mol. The van der Waals surface area contributed by atoms with Crippen molar-refractivity contribution in [3.8, 4) is 0 Å². The molecule has 3 nitrogen and oxygen atoms in total. The minimum atomic E-state index is -4.53. The van der Waals surface area contributed by atoms with Crippen LogP contribution in [0.2, 0.25) is 5.02 Å². The molecule has 110 valence electrons. The summed E-state index contributed by atoms with van der Waals surface area (Å²) >= 11 is 10.5. The lowest BCUT2D eigenvalue weighted by Crippen LogP contribution is -2.41. The van der Waals surface area contributed by atoms with Crippen LogP contribution in [0.15, 0.2) is 18.2 Å². The molecule has 0 heterocycles. The lowest BCUT2D eigenvalue weighted by atomic mass is 9.92. The summed E-state index contributed by atoms with van der Waals surface area (Å²) in [5, 5.41) is 2.30. The Morgan fingerprint density at radius 1 is 1.35 bits per heavy atom. The van der Waals surface area contributed by atoms with Crippen molar-refractivity contribution in [3.05, 3.63) is 28.8 Å². The van der Waals surface area contributed by atoms with Gasteiger partial charge in [-0.3, -0.25) is 4.79 Å². The maximum absolute atomic E-state index is 12.6. The first-order valence-corrected chi connectivity index (χ1v) is 6.23. The lowest BCUT2D eigenvalue weighted by Gasteiger charge is -2.22. The average Bonchev–Trinajstić information content (AvgIpc) is 2.30. The second kappa shape index (κ2) is 5.57. The van der Waals surface area contributed by atoms with E-state index in [1.54, 1.807) is 0 Å². The van der Waals surface area contributed by atoms with E-state index in [2.05, 4.69) is 5.32 Å². The zero-order valence-electron chi connectivity index (χ0n) is 10.6. The Hall–Kier alpha value is -1.34. The standard InChI is InChI=1S/C12H12ClF3N2OS/c1-11(2,9(17)20)10(19)18-8-5-6(12(14,15)16)3-4-7(8)13/h3-5H,1-2H3,(H2,17,20)(H,18,19). The fraction of sp³-hybridized carbons (Fsp3) is 0.333. The molecule has 1 aromatic rings. The van der Waals surface area contributed by atoms with Crippen LogP contribution in [0.25, 0.3) is 0 Å². The highest BCUT2D eigenvalue weighted by atomic mass is 35.5. The number of carbonyl (C=O) groups excluding carboxylic acids is 1. The second-order valence-corrected chi connectivity index (χ2v) is 5.48. The van der Waals surface area contributed by atoms with Gasteiger partial charge in [-0.1, -0.05) is 23.8 Å². The van der Waals surface area contributed by atoms with Gasteiger partial charge in [0, 0.05) is 0 Å². The molecule has 1 amide bonds. The van der Waals surface area contributed by atoms with Gasteiger partial charge in [-0.15, -0.1) is 0 Å². The minimum absolute atomic E-state index is 0.00918. The summed E-state index contributed by atoms with van der Waals surface area (Å²) in [6.45, 7) is 2.93. The topological polar surface area (TPSA) is 55.1 Å². The highest BCUT2D eigenvalue weighted by Gasteiger charge is 2.33. The number of hydrogen-bond acceptors (Lipinski definition) is 2. The van der Waals surface area contributed by atoms with Crippen LogP contribution in [0.4, 0.5) is 18.9 Å². The van der Waals surface area contributed by atoms with Crippen LogP contribution in [-0.2, 0) is 11.0 Å². The Bertz CT molecular complexity index is 558. The number of nitrogens with two attached hydrogens (primary N) is 1. The summed E-state index contributed by atoms with van der Waals surface area (Å²) in [5.74, 6) is -0.633. The summed E-state index contributed by atoms with van der Waals surface area (Å²) in [4.78, 5) is 11.9. The smallest absolute Gasteiger partial charge is 0.392 e. The van der Waals surface area contributed by atoms with Crippen LogP contribution in [0.5, 0.6) is 0 Å². The molecular formula is C12H12ClF3N2OS. The molecule has 0 aromatic heterocycles. The van der Waals surface area contributed by atoms with Gasteiger partial charge in [0.05, 0.1) is 26.7 Å². The van der Waals surface area contributed by atoms with E-state index >= 15 is 0 Å². The number of benzene rings is 1. The van der Waals surface area contributed by atoms with E-state index in [0.29, 0.717) is 0 Å². The quantitative estimate of drug-likeness (QED) is 0.835. The van der Waals surface area contributed by atoms with Crippen LogP contribution in [0.1, 0.15) is 19.4 Å². The summed E-state index contributed by atoms with van der Waals surface area (Å²) in [5.41, 5.74) is 3.16. The highest BCUT2D eigenvalue weighted by molar-refractivity contribution is 7.80. The number of carbonyl (C=O) groups is 1. The largest absolute Gasteiger partial charge is 0.416 e. The second-order valence-electron chi connectivity index (χ2n) is 4.64. The fourth-order valence-electron chi connectivity index (χ4n) is 1.19. The third-order valence-electron chi connectivity index (χ3n) is 2.73. The Balaban J connectivity index is 3.10. The van der Waals surface area contributed by atoms with Gasteiger partial charge in [-0.05, 0) is 32.0 Å². The zero-order chi connectivity index (χ0) is 15.7. The Kier molecular flexibility index (Phi) is 4.66. The molecule has 0 aliphatic heterocycles. The predicted molar refractivity (Wildman–Crippen MR) is 75.7 cm³/mol. The Labute approximate surface area is 124 Å². The summed E-state index contributed by atoms with van der Waals surface area (Å²) < 4.78 is 37.8. The molecule has 0 unspecified atom stereocenters. The van der Waals surface area contributed by atoms with Crippen LogP contribution in [0, 0.1) is 5.41 Å². The monoisotopic (exact) mass is 324 g/mol. The van der Waals surface area contributed by atoms with Crippen molar-refractivity contribution in [2.45, 2.75) is 20.0 Å². The first-order chi connectivity index (χ1) is 8.96. The predicted octanol–water partition coefficient (Wildman–Crippen LogP) is 3.61. The van der Waals surface area contributed by atoms with Gasteiger partial charge in [0.25, 0.3) is 0 Å². The highest BCUT2D eigenvalue weighted by Crippen LogP contribution is 2.34. The van der Waals surface area contributed by atoms with Crippen molar-refractivity contribution >= 4 is 40.4 Å². The van der Waals surface area contributed by atoms with Crippen molar-refractivity contribution in [2.24, 2.45) is 11.1 Å². The van der Waals surface area contributed by atoms with Gasteiger partial charge in [0.2, 0.25) is 5.91 Å². The van der Waals surface area contributed by atoms with Crippen LogP contribution >= 0.6 is 23.8 Å². The molecule has 3 N–H and O–H groups in total. The number of amides is 1. The third kappa shape index (κ3) is 3.61. The van der Waals surface area contributed by atoms with Crippen molar-refractivity contribution in [2.75, 3.05) is 5.32 Å². The van der Waals surface area contributed by atoms with Crippen molar-refractivity contribution in [3.63, 3.8) is 0 Å². The number of halogens is 4. The summed E-state index contributed by atoms with van der Waals surface area (Å²) in [7, 11) is 0. The van der Waals surface area contributed by atoms with E-state index in [-0.39, 0.29) is 15.7 Å². The van der Waals surface area contributed by atoms with E-state index in [1.807, 2.05) is 0 Å². The van der Waals surface area contributed by atoms with Gasteiger partial charge >= 0.3 is 6.18 Å². The number of alkyl halides is 3. The first-order valence-electron chi connectivity index (χ1n) is 5.44. The summed E-state index contributed by atoms with van der Waals surface area (Å²) in [6, 6.07) is 2.65. The maximum Gasteiger partial charge on any atom is 0.416 e. The first kappa shape index (κ1) is 16.7. The van der Waals surface area contributed by atoms with Gasteiger partial charge in [-0.2, -0.15) is 13.2 Å². The molecule has 0 atom stereocenters. The molecule has 0 saturated carbocycles. The van der Waals surface area contributed by atoms with E-state index < -0.39 is 23.1 Å². The number of rotatable bonds is 3. The van der Waals surface area contributed by atoms with Gasteiger partial charge < -0.3 is 11.1 Å². The third-order valence-corrected chi connectivity index (χ3v) is 3.57. The number of anilines is 1. The lowest BCUT2D eigenvalue weighted by molar-refractivity contribution is -0.137. The van der Waals surface area contributed by atoms with Crippen LogP contribution < -0.4 is 11.1 Å². The normalized spacial score (nSPS) is 12.1. The van der Waals surface area contributed by atoms with E-state index in [1.165, 1.54) is 13.8 Å². The van der Waals surface area contributed by atoms with Gasteiger partial charge in [-0.25, -0.2) is 0 Å². The van der Waals surface area contributed by atoms with Crippen LogP contribution in [-0.4, -0.2) is 10.9 Å². The number of hydrogen-bond donors (Lipinski definition) is 2. The van der Waals surface area contributed by atoms with E-state index in [9.17, 15) is 18.0 Å². The molecule has 0 aliphatic carbocycles. The molecule has 1 rings (SSSR count). The minimum Gasteiger partial charge on any atom is -0.392 e. The SMILES string of the molecule is CC(C)(C(=O)Nc1cc(C(F)(F)F)ccc1Cl)C(N)=S. The molecule has 0 saturated heterocycles. The van der Waals surface area contributed by atoms with Crippen molar-refractivity contribution < 1.29 is 18.0 Å². The van der Waals surface area contributed by atoms with Gasteiger partial charge in [0.1, 0.15) is 0 Å². The van der Waals surface area contributed by atoms with Crippen molar-refractivity contribution in [1.82, 2.24) is 0 Å². The molecule has 8 heteroatoms. The molecule has 0 aliphatic rings. The number of thiocarbonyl (C=S) groups is 1. The molecule has 0 bridgehead atoms. The molecule has 0 spiro atoms. The van der Waals surface area contributed by atoms with Crippen molar-refractivity contribution in [1.29, 1.82) is 0 Å². The van der Waals surface area contributed by atoms with E-state index in [4.69, 9.17) is 29.6 Å². The Morgan fingerprint density at radius 3 is 2.35 bits per heavy atom. The van der Waals surface area contributed by atoms with E-state index in [0.717, 1.165) is 18.2 Å². The molecule has 0 radical (unpaired) electrons. The number of nitrogens with one attached hydrogen (secondary N) is 1. The summed E-state index contributed by atoms with van der Waals surface area (Å²) in [6.07, 6.45) is -4.53. The molecule has 1 aromatic carbocycles. The Morgan fingerprint density at radius 2 is 1.90 bits per heavy atom. The molecule has 0 fully saturated rings. The average molecular weight is 325 g/mol. The maximum atomic E-state index is 12.6. The fourth-order valence-corrected chi connectivity index (χ4v) is 1.45. The van der Waals surface area contributed by atoms with Gasteiger partial charge in [0.15, 0.2) is 0 Å².